The topological polar surface area (TPSA) is 29.5 Å². The Morgan fingerprint density at radius 2 is 1.92 bits per heavy atom. The van der Waals surface area contributed by atoms with Crippen LogP contribution in [0.25, 0.3) is 0 Å². The van der Waals surface area contributed by atoms with Crippen LogP contribution in [0.4, 0.5) is 10.5 Å². The van der Waals surface area contributed by atoms with E-state index in [0.717, 1.165) is 28.6 Å². The second-order valence-corrected chi connectivity index (χ2v) is 7.54. The first kappa shape index (κ1) is 15.7. The first-order chi connectivity index (χ1) is 11.7. The number of carbonyl (C=O) groups excluding carboxylic acids is 1. The van der Waals surface area contributed by atoms with Gasteiger partial charge < -0.3 is 4.74 Å². The molecule has 2 aromatic rings. The molecule has 4 rings (SSSR count). The fourth-order valence-electron chi connectivity index (χ4n) is 3.53. The number of halogens is 1. The number of rotatable bonds is 3. The molecule has 1 aliphatic carbocycles. The molecule has 0 spiro atoms. The third-order valence-corrected chi connectivity index (χ3v) is 5.41. The Morgan fingerprint density at radius 1 is 1.12 bits per heavy atom. The van der Waals surface area contributed by atoms with Gasteiger partial charge in [0.15, 0.2) is 0 Å². The summed E-state index contributed by atoms with van der Waals surface area (Å²) in [6.07, 6.45) is 4.27. The number of amides is 1. The number of aryl methyl sites for hydroxylation is 1. The van der Waals surface area contributed by atoms with E-state index in [1.165, 1.54) is 18.4 Å². The third-order valence-electron chi connectivity index (χ3n) is 4.92. The van der Waals surface area contributed by atoms with E-state index in [1.807, 2.05) is 47.4 Å². The van der Waals surface area contributed by atoms with Gasteiger partial charge in [0.1, 0.15) is 6.61 Å². The molecule has 2 aromatic carbocycles. The molecule has 0 aromatic heterocycles. The molecule has 1 amide bonds. The average molecular weight is 386 g/mol. The van der Waals surface area contributed by atoms with Crippen LogP contribution in [0.5, 0.6) is 0 Å². The minimum Gasteiger partial charge on any atom is -0.444 e. The quantitative estimate of drug-likeness (QED) is 0.715. The minimum atomic E-state index is -0.227. The van der Waals surface area contributed by atoms with E-state index < -0.39 is 0 Å². The predicted molar refractivity (Wildman–Crippen MR) is 98.1 cm³/mol. The molecule has 24 heavy (non-hydrogen) atoms. The van der Waals surface area contributed by atoms with E-state index in [9.17, 15) is 4.79 Å². The van der Waals surface area contributed by atoms with Crippen molar-refractivity contribution in [2.45, 2.75) is 38.3 Å². The molecule has 1 unspecified atom stereocenters. The monoisotopic (exact) mass is 385 g/mol. The predicted octanol–water partition coefficient (Wildman–Crippen LogP) is 5.32. The molecule has 3 nitrogen and oxygen atoms in total. The lowest BCUT2D eigenvalue weighted by molar-refractivity contribution is 0.142. The molecule has 0 N–H and O–H groups in total. The summed E-state index contributed by atoms with van der Waals surface area (Å²) < 4.78 is 6.64. The van der Waals surface area contributed by atoms with E-state index in [2.05, 4.69) is 22.0 Å². The van der Waals surface area contributed by atoms with Gasteiger partial charge in [-0.25, -0.2) is 4.79 Å². The van der Waals surface area contributed by atoms with Crippen LogP contribution < -0.4 is 4.90 Å². The molecule has 1 saturated carbocycles. The molecule has 1 fully saturated rings. The summed E-state index contributed by atoms with van der Waals surface area (Å²) >= 11 is 3.54. The standard InChI is InChI=1S/C20H20BrNO2/c21-17-10-8-16-9-11-18(15-6-7-15)22(19(16)12-17)20(23)24-13-14-4-2-1-3-5-14/h1-5,8,10,12,15,18H,6-7,9,11,13H2. The summed E-state index contributed by atoms with van der Waals surface area (Å²) in [5.74, 6) is 0.626. The Hall–Kier alpha value is -1.81. The second-order valence-electron chi connectivity index (χ2n) is 6.63. The van der Waals surface area contributed by atoms with Crippen molar-refractivity contribution in [3.63, 3.8) is 0 Å². The molecular formula is C20H20BrNO2. The number of benzene rings is 2. The molecule has 2 aliphatic rings. The maximum atomic E-state index is 12.9. The van der Waals surface area contributed by atoms with Gasteiger partial charge in [0.2, 0.25) is 0 Å². The zero-order valence-corrected chi connectivity index (χ0v) is 15.0. The zero-order valence-electron chi connectivity index (χ0n) is 13.5. The van der Waals surface area contributed by atoms with E-state index in [0.29, 0.717) is 12.5 Å². The van der Waals surface area contributed by atoms with Crippen molar-refractivity contribution in [1.82, 2.24) is 0 Å². The fraction of sp³-hybridized carbons (Fsp3) is 0.350. The van der Waals surface area contributed by atoms with E-state index >= 15 is 0 Å². The lowest BCUT2D eigenvalue weighted by Crippen LogP contribution is -2.45. The van der Waals surface area contributed by atoms with Crippen molar-refractivity contribution in [1.29, 1.82) is 0 Å². The first-order valence-electron chi connectivity index (χ1n) is 8.51. The van der Waals surface area contributed by atoms with Gasteiger partial charge in [0.25, 0.3) is 0 Å². The molecule has 4 heteroatoms. The number of hydrogen-bond donors (Lipinski definition) is 0. The molecule has 0 saturated heterocycles. The molecule has 0 radical (unpaired) electrons. The van der Waals surface area contributed by atoms with Crippen LogP contribution in [0.3, 0.4) is 0 Å². The van der Waals surface area contributed by atoms with Gasteiger partial charge in [-0.3, -0.25) is 4.90 Å². The van der Waals surface area contributed by atoms with Crippen LogP contribution in [0.2, 0.25) is 0 Å². The van der Waals surface area contributed by atoms with Crippen molar-refractivity contribution in [3.8, 4) is 0 Å². The van der Waals surface area contributed by atoms with E-state index in [-0.39, 0.29) is 12.1 Å². The molecule has 1 atom stereocenters. The fourth-order valence-corrected chi connectivity index (χ4v) is 3.88. The number of anilines is 1. The number of hydrogen-bond acceptors (Lipinski definition) is 2. The van der Waals surface area contributed by atoms with Gasteiger partial charge >= 0.3 is 6.09 Å². The Bertz CT molecular complexity index is 743. The number of nitrogens with zero attached hydrogens (tertiary/aromatic N) is 1. The van der Waals surface area contributed by atoms with Crippen molar-refractivity contribution < 1.29 is 9.53 Å². The van der Waals surface area contributed by atoms with Gasteiger partial charge in [-0.1, -0.05) is 52.3 Å². The molecule has 1 aliphatic heterocycles. The largest absolute Gasteiger partial charge is 0.444 e. The summed E-state index contributed by atoms with van der Waals surface area (Å²) in [7, 11) is 0. The average Bonchev–Trinajstić information content (AvgIpc) is 3.44. The van der Waals surface area contributed by atoms with Crippen molar-refractivity contribution >= 4 is 27.7 Å². The maximum Gasteiger partial charge on any atom is 0.414 e. The summed E-state index contributed by atoms with van der Waals surface area (Å²) in [4.78, 5) is 14.8. The summed E-state index contributed by atoms with van der Waals surface area (Å²) in [5, 5.41) is 0. The SMILES string of the molecule is O=C(OCc1ccccc1)N1c2cc(Br)ccc2CCC1C1CC1. The molecule has 124 valence electrons. The number of carbonyl (C=O) groups is 1. The van der Waals surface area contributed by atoms with Crippen LogP contribution in [-0.2, 0) is 17.8 Å². The number of fused-ring (bicyclic) bond motifs is 1. The highest BCUT2D eigenvalue weighted by Gasteiger charge is 2.41. The normalized spacial score (nSPS) is 19.7. The summed E-state index contributed by atoms with van der Waals surface area (Å²) in [6.45, 7) is 0.316. The Morgan fingerprint density at radius 3 is 2.67 bits per heavy atom. The lowest BCUT2D eigenvalue weighted by atomic mass is 9.93. The number of ether oxygens (including phenoxy) is 1. The highest BCUT2D eigenvalue weighted by atomic mass is 79.9. The van der Waals surface area contributed by atoms with Crippen LogP contribution >= 0.6 is 15.9 Å². The molecule has 1 heterocycles. The van der Waals surface area contributed by atoms with Gasteiger partial charge in [0.05, 0.1) is 5.69 Å². The van der Waals surface area contributed by atoms with Crippen LogP contribution in [0.15, 0.2) is 53.0 Å². The van der Waals surface area contributed by atoms with Crippen LogP contribution in [0, 0.1) is 5.92 Å². The minimum absolute atomic E-state index is 0.227. The smallest absolute Gasteiger partial charge is 0.414 e. The zero-order chi connectivity index (χ0) is 16.5. The summed E-state index contributed by atoms with van der Waals surface area (Å²) in [5.41, 5.74) is 3.25. The van der Waals surface area contributed by atoms with Crippen molar-refractivity contribution in [3.05, 3.63) is 64.1 Å². The van der Waals surface area contributed by atoms with E-state index in [4.69, 9.17) is 4.74 Å². The first-order valence-corrected chi connectivity index (χ1v) is 9.30. The van der Waals surface area contributed by atoms with E-state index in [1.54, 1.807) is 0 Å². The highest BCUT2D eigenvalue weighted by Crippen LogP contribution is 2.43. The third kappa shape index (κ3) is 3.20. The van der Waals surface area contributed by atoms with Gasteiger partial charge in [-0.15, -0.1) is 0 Å². The Labute approximate surface area is 150 Å². The van der Waals surface area contributed by atoms with Gasteiger partial charge in [-0.2, -0.15) is 0 Å². The Balaban J connectivity index is 1.58. The second kappa shape index (κ2) is 6.60. The van der Waals surface area contributed by atoms with Crippen molar-refractivity contribution in [2.75, 3.05) is 4.90 Å². The van der Waals surface area contributed by atoms with Crippen molar-refractivity contribution in [2.24, 2.45) is 5.92 Å². The molecular weight excluding hydrogens is 366 g/mol. The van der Waals surface area contributed by atoms with Gasteiger partial charge in [0, 0.05) is 10.5 Å². The van der Waals surface area contributed by atoms with Crippen LogP contribution in [0.1, 0.15) is 30.4 Å². The molecule has 0 bridgehead atoms. The maximum absolute atomic E-state index is 12.9. The highest BCUT2D eigenvalue weighted by molar-refractivity contribution is 9.10. The van der Waals surface area contributed by atoms with Crippen LogP contribution in [-0.4, -0.2) is 12.1 Å². The van der Waals surface area contributed by atoms with Gasteiger partial charge in [-0.05, 0) is 54.9 Å². The lowest BCUT2D eigenvalue weighted by Gasteiger charge is -2.36. The Kier molecular flexibility index (Phi) is 4.31. The summed E-state index contributed by atoms with van der Waals surface area (Å²) in [6, 6.07) is 16.3.